The molecule has 1 aliphatic heterocycles. The zero-order valence-electron chi connectivity index (χ0n) is 13.0. The third kappa shape index (κ3) is 2.40. The van der Waals surface area contributed by atoms with Gasteiger partial charge in [-0.2, -0.15) is 0 Å². The monoisotopic (exact) mass is 306 g/mol. The molecule has 2 aromatic carbocycles. The first-order chi connectivity index (χ1) is 11.1. The lowest BCUT2D eigenvalue weighted by Gasteiger charge is -2.36. The molecule has 0 atom stereocenters. The maximum Gasteiger partial charge on any atom is 0.258 e. The van der Waals surface area contributed by atoms with E-state index in [0.717, 1.165) is 29.8 Å². The quantitative estimate of drug-likeness (QED) is 0.855. The molecule has 2 aliphatic rings. The number of carbonyl (C=O) groups excluding carboxylic acids is 2. The van der Waals surface area contributed by atoms with E-state index in [-0.39, 0.29) is 18.4 Å². The number of fused-ring (bicyclic) bond motifs is 1. The molecule has 1 aliphatic carbocycles. The van der Waals surface area contributed by atoms with Crippen LogP contribution in [0.3, 0.4) is 0 Å². The number of para-hydroxylation sites is 2. The third-order valence-corrected chi connectivity index (χ3v) is 4.45. The van der Waals surface area contributed by atoms with Crippen molar-refractivity contribution < 1.29 is 9.59 Å². The summed E-state index contributed by atoms with van der Waals surface area (Å²) in [5.74, 6) is -0.118. The van der Waals surface area contributed by atoms with E-state index >= 15 is 0 Å². The minimum absolute atomic E-state index is 0.00617. The molecule has 0 radical (unpaired) electrons. The van der Waals surface area contributed by atoms with Gasteiger partial charge in [0, 0.05) is 11.6 Å². The summed E-state index contributed by atoms with van der Waals surface area (Å²) in [6.45, 7) is 2.10. The molecule has 4 rings (SSSR count). The van der Waals surface area contributed by atoms with Crippen LogP contribution in [0.5, 0.6) is 0 Å². The van der Waals surface area contributed by atoms with E-state index in [1.807, 2.05) is 60.4 Å². The second-order valence-corrected chi connectivity index (χ2v) is 6.24. The lowest BCUT2D eigenvalue weighted by atomic mass is 10.1. The van der Waals surface area contributed by atoms with Crippen LogP contribution >= 0.6 is 0 Å². The minimum atomic E-state index is -0.124. The number of nitrogens with zero attached hydrogens (tertiary/aromatic N) is 2. The number of hydrogen-bond acceptors (Lipinski definition) is 2. The Labute approximate surface area is 135 Å². The van der Waals surface area contributed by atoms with Gasteiger partial charge in [-0.25, -0.2) is 0 Å². The number of anilines is 2. The number of carbonyl (C=O) groups is 2. The fraction of sp³-hybridized carbons (Fsp3) is 0.263. The molecule has 1 saturated carbocycles. The Bertz CT molecular complexity index is 778. The fourth-order valence-electron chi connectivity index (χ4n) is 3.09. The molecule has 0 saturated heterocycles. The Hall–Kier alpha value is -2.62. The molecule has 116 valence electrons. The first kappa shape index (κ1) is 14.0. The van der Waals surface area contributed by atoms with Crippen molar-refractivity contribution in [2.45, 2.75) is 25.8 Å². The highest BCUT2D eigenvalue weighted by Crippen LogP contribution is 2.40. The van der Waals surface area contributed by atoms with Crippen molar-refractivity contribution >= 4 is 23.2 Å². The smallest absolute Gasteiger partial charge is 0.258 e. The van der Waals surface area contributed by atoms with Gasteiger partial charge in [-0.15, -0.1) is 0 Å². The van der Waals surface area contributed by atoms with Gasteiger partial charge in [-0.05, 0) is 44.0 Å². The molecular formula is C19H18N2O2. The van der Waals surface area contributed by atoms with Crippen molar-refractivity contribution in [2.24, 2.45) is 0 Å². The molecule has 2 amide bonds. The van der Waals surface area contributed by atoms with Crippen LogP contribution < -0.4 is 9.80 Å². The van der Waals surface area contributed by atoms with Crippen molar-refractivity contribution in [2.75, 3.05) is 16.3 Å². The summed E-state index contributed by atoms with van der Waals surface area (Å²) < 4.78 is 0. The molecule has 0 aromatic heterocycles. The van der Waals surface area contributed by atoms with Crippen LogP contribution in [0, 0.1) is 6.92 Å². The average molecular weight is 306 g/mol. The van der Waals surface area contributed by atoms with Crippen LogP contribution in [0.25, 0.3) is 0 Å². The Morgan fingerprint density at radius 1 is 1.00 bits per heavy atom. The summed E-state index contributed by atoms with van der Waals surface area (Å²) in [7, 11) is 0. The largest absolute Gasteiger partial charge is 0.306 e. The fourth-order valence-corrected chi connectivity index (χ4v) is 3.09. The SMILES string of the molecule is Cc1ccc(C(=O)N2CC(=O)N(C3CC3)c3ccccc32)cc1. The molecule has 4 nitrogen and oxygen atoms in total. The second kappa shape index (κ2) is 5.23. The molecule has 0 unspecified atom stereocenters. The lowest BCUT2D eigenvalue weighted by Crippen LogP contribution is -2.49. The van der Waals surface area contributed by atoms with Gasteiger partial charge in [0.25, 0.3) is 5.91 Å². The molecule has 1 fully saturated rings. The predicted molar refractivity (Wildman–Crippen MR) is 89.8 cm³/mol. The van der Waals surface area contributed by atoms with E-state index in [9.17, 15) is 9.59 Å². The van der Waals surface area contributed by atoms with Gasteiger partial charge in [-0.3, -0.25) is 14.5 Å². The molecular weight excluding hydrogens is 288 g/mol. The predicted octanol–water partition coefficient (Wildman–Crippen LogP) is 3.15. The minimum Gasteiger partial charge on any atom is -0.306 e. The number of amides is 2. The molecule has 23 heavy (non-hydrogen) atoms. The van der Waals surface area contributed by atoms with Crippen LogP contribution in [-0.4, -0.2) is 24.4 Å². The van der Waals surface area contributed by atoms with Crippen LogP contribution in [0.2, 0.25) is 0 Å². The molecule has 4 heteroatoms. The van der Waals surface area contributed by atoms with Crippen LogP contribution in [0.1, 0.15) is 28.8 Å². The summed E-state index contributed by atoms with van der Waals surface area (Å²) in [5, 5.41) is 0. The van der Waals surface area contributed by atoms with Gasteiger partial charge < -0.3 is 4.90 Å². The summed E-state index contributed by atoms with van der Waals surface area (Å²) in [6, 6.07) is 15.5. The maximum absolute atomic E-state index is 12.9. The zero-order chi connectivity index (χ0) is 16.0. The summed E-state index contributed by atoms with van der Waals surface area (Å²) >= 11 is 0. The van der Waals surface area contributed by atoms with E-state index in [0.29, 0.717) is 11.6 Å². The molecule has 2 aromatic rings. The molecule has 0 N–H and O–H groups in total. The van der Waals surface area contributed by atoms with Crippen molar-refractivity contribution in [3.05, 3.63) is 59.7 Å². The molecule has 0 bridgehead atoms. The summed E-state index contributed by atoms with van der Waals surface area (Å²) in [6.07, 6.45) is 2.10. The van der Waals surface area contributed by atoms with Gasteiger partial charge in [-0.1, -0.05) is 29.8 Å². The van der Waals surface area contributed by atoms with Gasteiger partial charge >= 0.3 is 0 Å². The maximum atomic E-state index is 12.9. The van der Waals surface area contributed by atoms with Gasteiger partial charge in [0.15, 0.2) is 0 Å². The van der Waals surface area contributed by atoms with Gasteiger partial charge in [0.05, 0.1) is 11.4 Å². The van der Waals surface area contributed by atoms with Gasteiger partial charge in [0.2, 0.25) is 5.91 Å². The average Bonchev–Trinajstić information content (AvgIpc) is 3.39. The van der Waals surface area contributed by atoms with Gasteiger partial charge in [0.1, 0.15) is 6.54 Å². The normalized spacial score (nSPS) is 17.2. The highest BCUT2D eigenvalue weighted by Gasteiger charge is 2.40. The van der Waals surface area contributed by atoms with Crippen LogP contribution in [0.15, 0.2) is 48.5 Å². The highest BCUT2D eigenvalue weighted by molar-refractivity contribution is 6.16. The van der Waals surface area contributed by atoms with Crippen LogP contribution in [-0.2, 0) is 4.79 Å². The van der Waals surface area contributed by atoms with E-state index in [1.54, 1.807) is 4.90 Å². The third-order valence-electron chi connectivity index (χ3n) is 4.45. The van der Waals surface area contributed by atoms with Crippen molar-refractivity contribution in [3.63, 3.8) is 0 Å². The first-order valence-corrected chi connectivity index (χ1v) is 7.95. The van der Waals surface area contributed by atoms with Crippen LogP contribution in [0.4, 0.5) is 11.4 Å². The highest BCUT2D eigenvalue weighted by atomic mass is 16.2. The Morgan fingerprint density at radius 2 is 1.65 bits per heavy atom. The Morgan fingerprint density at radius 3 is 2.30 bits per heavy atom. The lowest BCUT2D eigenvalue weighted by molar-refractivity contribution is -0.117. The second-order valence-electron chi connectivity index (χ2n) is 6.24. The van der Waals surface area contributed by atoms with E-state index in [1.165, 1.54) is 0 Å². The first-order valence-electron chi connectivity index (χ1n) is 7.95. The molecule has 0 spiro atoms. The Kier molecular flexibility index (Phi) is 3.18. The van der Waals surface area contributed by atoms with Crippen molar-refractivity contribution in [1.29, 1.82) is 0 Å². The number of rotatable bonds is 2. The van der Waals surface area contributed by atoms with E-state index < -0.39 is 0 Å². The van der Waals surface area contributed by atoms with E-state index in [2.05, 4.69) is 0 Å². The standard InChI is InChI=1S/C19H18N2O2/c1-13-6-8-14(9-7-13)19(23)20-12-18(22)21(15-10-11-15)17-5-3-2-4-16(17)20/h2-9,15H,10-12H2,1H3. The summed E-state index contributed by atoms with van der Waals surface area (Å²) in [5.41, 5.74) is 3.39. The summed E-state index contributed by atoms with van der Waals surface area (Å²) in [4.78, 5) is 28.9. The Balaban J connectivity index is 1.74. The van der Waals surface area contributed by atoms with Crippen molar-refractivity contribution in [3.8, 4) is 0 Å². The topological polar surface area (TPSA) is 40.6 Å². The number of hydrogen-bond donors (Lipinski definition) is 0. The molecule has 1 heterocycles. The van der Waals surface area contributed by atoms with Crippen molar-refractivity contribution in [1.82, 2.24) is 0 Å². The zero-order valence-corrected chi connectivity index (χ0v) is 13.0. The number of benzene rings is 2. The van der Waals surface area contributed by atoms with E-state index in [4.69, 9.17) is 0 Å². The number of aryl methyl sites for hydroxylation is 1.